The predicted molar refractivity (Wildman–Crippen MR) is 49.7 cm³/mol. The molecule has 0 atom stereocenters. The van der Waals surface area contributed by atoms with Crippen LogP contribution in [-0.4, -0.2) is 16.1 Å². The van der Waals surface area contributed by atoms with Crippen LogP contribution in [0.1, 0.15) is 23.0 Å². The van der Waals surface area contributed by atoms with Crippen LogP contribution in [0.2, 0.25) is 0 Å². The molecule has 0 bridgehead atoms. The fraction of sp³-hybridized carbons (Fsp3) is 0.200. The van der Waals surface area contributed by atoms with Gasteiger partial charge in [0.25, 0.3) is 0 Å². The minimum atomic E-state index is -0.988. The van der Waals surface area contributed by atoms with Crippen molar-refractivity contribution in [3.63, 3.8) is 0 Å². The summed E-state index contributed by atoms with van der Waals surface area (Å²) in [5.41, 5.74) is 1.10. The molecule has 0 fully saturated rings. The lowest BCUT2D eigenvalue weighted by Crippen LogP contribution is -1.99. The second-order valence-electron chi connectivity index (χ2n) is 2.63. The van der Waals surface area contributed by atoms with Gasteiger partial charge in [0.2, 0.25) is 0 Å². The number of nitrogens with zero attached hydrogens (tertiary/aromatic N) is 1. The quantitative estimate of drug-likeness (QED) is 0.717. The minimum Gasteiger partial charge on any atom is -0.477 e. The van der Waals surface area contributed by atoms with Crippen molar-refractivity contribution in [3.8, 4) is 0 Å². The zero-order valence-electron chi connectivity index (χ0n) is 7.40. The zero-order chi connectivity index (χ0) is 9.68. The lowest BCUT2D eigenvalue weighted by atomic mass is 10.2. The highest BCUT2D eigenvalue weighted by Gasteiger charge is 2.02. The molecule has 0 saturated heterocycles. The third kappa shape index (κ3) is 2.71. The maximum absolute atomic E-state index is 10.4. The molecule has 0 unspecified atom stereocenters. The second-order valence-corrected chi connectivity index (χ2v) is 2.63. The molecule has 0 saturated carbocycles. The fourth-order valence-corrected chi connectivity index (χ4v) is 0.926. The van der Waals surface area contributed by atoms with Crippen LogP contribution >= 0.6 is 0 Å². The number of hydrogen-bond acceptors (Lipinski definition) is 2. The maximum atomic E-state index is 10.4. The predicted octanol–water partition coefficient (Wildman–Crippen LogP) is 1.90. The molecular formula is C10H11NO2. The maximum Gasteiger partial charge on any atom is 0.354 e. The van der Waals surface area contributed by atoms with Gasteiger partial charge >= 0.3 is 5.97 Å². The Morgan fingerprint density at radius 2 is 2.38 bits per heavy atom. The van der Waals surface area contributed by atoms with E-state index >= 15 is 0 Å². The summed E-state index contributed by atoms with van der Waals surface area (Å²) < 4.78 is 0. The number of hydrogen-bond donors (Lipinski definition) is 1. The van der Waals surface area contributed by atoms with Gasteiger partial charge in [-0.15, -0.1) is 0 Å². The van der Waals surface area contributed by atoms with Gasteiger partial charge in [-0.3, -0.25) is 0 Å². The normalized spacial score (nSPS) is 10.5. The van der Waals surface area contributed by atoms with E-state index in [-0.39, 0.29) is 5.69 Å². The van der Waals surface area contributed by atoms with E-state index in [1.807, 2.05) is 19.1 Å². The average molecular weight is 177 g/mol. The summed E-state index contributed by atoms with van der Waals surface area (Å²) in [6.07, 6.45) is 6.33. The van der Waals surface area contributed by atoms with Gasteiger partial charge in [-0.1, -0.05) is 18.2 Å². The van der Waals surface area contributed by atoms with E-state index in [1.54, 1.807) is 12.3 Å². The molecule has 0 spiro atoms. The van der Waals surface area contributed by atoms with Crippen LogP contribution in [0.5, 0.6) is 0 Å². The number of aromatic carboxylic acids is 1. The third-order valence-corrected chi connectivity index (χ3v) is 1.63. The van der Waals surface area contributed by atoms with Crippen molar-refractivity contribution in [3.05, 3.63) is 41.7 Å². The van der Waals surface area contributed by atoms with E-state index < -0.39 is 5.97 Å². The van der Waals surface area contributed by atoms with Crippen LogP contribution in [0, 0.1) is 0 Å². The average Bonchev–Trinajstić information content (AvgIpc) is 2.15. The van der Waals surface area contributed by atoms with Crippen molar-refractivity contribution in [2.24, 2.45) is 0 Å². The van der Waals surface area contributed by atoms with Crippen LogP contribution in [-0.2, 0) is 6.42 Å². The number of aromatic nitrogens is 1. The molecule has 0 radical (unpaired) electrons. The van der Waals surface area contributed by atoms with E-state index in [0.29, 0.717) is 0 Å². The Balaban J connectivity index is 2.75. The molecule has 0 aliphatic rings. The number of allylic oxidation sites excluding steroid dienone is 2. The van der Waals surface area contributed by atoms with Gasteiger partial charge in [0.1, 0.15) is 5.69 Å². The van der Waals surface area contributed by atoms with Gasteiger partial charge in [-0.2, -0.15) is 0 Å². The third-order valence-electron chi connectivity index (χ3n) is 1.63. The van der Waals surface area contributed by atoms with Crippen molar-refractivity contribution in [2.45, 2.75) is 13.3 Å². The van der Waals surface area contributed by atoms with E-state index in [2.05, 4.69) is 4.98 Å². The smallest absolute Gasteiger partial charge is 0.354 e. The summed E-state index contributed by atoms with van der Waals surface area (Å²) in [7, 11) is 0. The molecule has 1 aromatic heterocycles. The number of carbonyl (C=O) groups is 1. The SMILES string of the molecule is CC=CCc1ccc(C(=O)O)nc1. The van der Waals surface area contributed by atoms with E-state index in [0.717, 1.165) is 12.0 Å². The summed E-state index contributed by atoms with van der Waals surface area (Å²) >= 11 is 0. The molecule has 3 nitrogen and oxygen atoms in total. The van der Waals surface area contributed by atoms with Gasteiger partial charge in [0, 0.05) is 6.20 Å². The van der Waals surface area contributed by atoms with Crippen molar-refractivity contribution in [1.82, 2.24) is 4.98 Å². The topological polar surface area (TPSA) is 50.2 Å². The highest BCUT2D eigenvalue weighted by molar-refractivity contribution is 5.85. The largest absolute Gasteiger partial charge is 0.477 e. The highest BCUT2D eigenvalue weighted by atomic mass is 16.4. The second kappa shape index (κ2) is 4.40. The van der Waals surface area contributed by atoms with Crippen LogP contribution in [0.4, 0.5) is 0 Å². The summed E-state index contributed by atoms with van der Waals surface area (Å²) in [6.45, 7) is 1.94. The fourth-order valence-electron chi connectivity index (χ4n) is 0.926. The summed E-state index contributed by atoms with van der Waals surface area (Å²) in [5, 5.41) is 8.58. The molecule has 13 heavy (non-hydrogen) atoms. The lowest BCUT2D eigenvalue weighted by Gasteiger charge is -1.96. The monoisotopic (exact) mass is 177 g/mol. The Labute approximate surface area is 76.7 Å². The summed E-state index contributed by atoms with van der Waals surface area (Å²) in [6, 6.07) is 3.29. The molecule has 1 heterocycles. The first kappa shape index (κ1) is 9.45. The Kier molecular flexibility index (Phi) is 3.20. The standard InChI is InChI=1S/C10H11NO2/c1-2-3-4-8-5-6-9(10(12)13)11-7-8/h2-3,5-7H,4H2,1H3,(H,12,13). The number of carboxylic acids is 1. The molecule has 1 N–H and O–H groups in total. The van der Waals surface area contributed by atoms with Gasteiger partial charge in [-0.25, -0.2) is 9.78 Å². The van der Waals surface area contributed by atoms with Gasteiger partial charge < -0.3 is 5.11 Å². The molecule has 0 aromatic carbocycles. The van der Waals surface area contributed by atoms with Crippen molar-refractivity contribution in [2.75, 3.05) is 0 Å². The molecule has 1 rings (SSSR count). The minimum absolute atomic E-state index is 0.0872. The molecule has 68 valence electrons. The Bertz CT molecular complexity index is 314. The number of carboxylic acid groups (broad SMARTS) is 1. The van der Waals surface area contributed by atoms with E-state index in [1.165, 1.54) is 6.07 Å². The first-order valence-electron chi connectivity index (χ1n) is 4.03. The number of rotatable bonds is 3. The Morgan fingerprint density at radius 1 is 1.62 bits per heavy atom. The zero-order valence-corrected chi connectivity index (χ0v) is 7.40. The van der Waals surface area contributed by atoms with Gasteiger partial charge in [0.05, 0.1) is 0 Å². The molecule has 0 amide bonds. The first-order chi connectivity index (χ1) is 6.24. The Morgan fingerprint density at radius 3 is 2.85 bits per heavy atom. The molecular weight excluding hydrogens is 166 g/mol. The van der Waals surface area contributed by atoms with Crippen molar-refractivity contribution < 1.29 is 9.90 Å². The van der Waals surface area contributed by atoms with Crippen LogP contribution in [0.25, 0.3) is 0 Å². The lowest BCUT2D eigenvalue weighted by molar-refractivity contribution is 0.0690. The van der Waals surface area contributed by atoms with Crippen LogP contribution < -0.4 is 0 Å². The van der Waals surface area contributed by atoms with Crippen LogP contribution in [0.15, 0.2) is 30.5 Å². The van der Waals surface area contributed by atoms with Gasteiger partial charge in [0.15, 0.2) is 0 Å². The summed E-state index contributed by atoms with van der Waals surface area (Å²) in [4.78, 5) is 14.2. The van der Waals surface area contributed by atoms with Gasteiger partial charge in [-0.05, 0) is 25.0 Å². The van der Waals surface area contributed by atoms with E-state index in [4.69, 9.17) is 5.11 Å². The Hall–Kier alpha value is -1.64. The first-order valence-corrected chi connectivity index (χ1v) is 4.03. The number of pyridine rings is 1. The van der Waals surface area contributed by atoms with Crippen LogP contribution in [0.3, 0.4) is 0 Å². The molecule has 3 heteroatoms. The van der Waals surface area contributed by atoms with Crippen molar-refractivity contribution in [1.29, 1.82) is 0 Å². The highest BCUT2D eigenvalue weighted by Crippen LogP contribution is 2.01. The molecule has 1 aromatic rings. The molecule has 0 aliphatic carbocycles. The van der Waals surface area contributed by atoms with E-state index in [9.17, 15) is 4.79 Å². The summed E-state index contributed by atoms with van der Waals surface area (Å²) in [5.74, 6) is -0.988. The molecule has 0 aliphatic heterocycles. The van der Waals surface area contributed by atoms with Crippen molar-refractivity contribution >= 4 is 5.97 Å².